The molecule has 1 saturated heterocycles. The van der Waals surface area contributed by atoms with Gasteiger partial charge in [0, 0.05) is 42.7 Å². The van der Waals surface area contributed by atoms with Crippen LogP contribution in [-0.2, 0) is 16.0 Å². The third-order valence-corrected chi connectivity index (χ3v) is 6.57. The molecule has 1 fully saturated rings. The Morgan fingerprint density at radius 2 is 1.68 bits per heavy atom. The molecule has 1 aliphatic rings. The first-order valence-corrected chi connectivity index (χ1v) is 12.5. The smallest absolute Gasteiger partial charge is 0.404 e. The number of amides is 2. The van der Waals surface area contributed by atoms with Crippen molar-refractivity contribution < 1.29 is 23.8 Å². The third kappa shape index (κ3) is 7.62. The topological polar surface area (TPSA) is 99.7 Å². The average molecular weight is 506 g/mol. The molecule has 2 atom stereocenters. The minimum Gasteiger partial charge on any atom is -0.465 e. The molecule has 0 unspecified atom stereocenters. The van der Waals surface area contributed by atoms with Crippen molar-refractivity contribution in [2.75, 3.05) is 25.0 Å². The van der Waals surface area contributed by atoms with Crippen LogP contribution in [0.3, 0.4) is 0 Å². The molecule has 4 rings (SSSR count). The molecule has 0 bridgehead atoms. The van der Waals surface area contributed by atoms with Crippen LogP contribution in [0.15, 0.2) is 78.9 Å². The van der Waals surface area contributed by atoms with Gasteiger partial charge in [-0.3, -0.25) is 4.79 Å². The first kappa shape index (κ1) is 26.3. The minimum atomic E-state index is -1.07. The Kier molecular flexibility index (Phi) is 9.24. The quantitative estimate of drug-likeness (QED) is 0.324. The lowest BCUT2D eigenvalue weighted by atomic mass is 9.88. The van der Waals surface area contributed by atoms with Gasteiger partial charge in [0.15, 0.2) is 0 Å². The van der Waals surface area contributed by atoms with E-state index in [9.17, 15) is 14.0 Å². The summed E-state index contributed by atoms with van der Waals surface area (Å²) >= 11 is 0. The second-order valence-electron chi connectivity index (χ2n) is 9.18. The molecule has 1 aliphatic heterocycles. The van der Waals surface area contributed by atoms with Crippen LogP contribution in [0.4, 0.5) is 14.9 Å². The van der Waals surface area contributed by atoms with E-state index in [4.69, 9.17) is 9.84 Å². The number of carbonyl (C=O) groups excluding carboxylic acids is 1. The van der Waals surface area contributed by atoms with E-state index >= 15 is 0 Å². The molecule has 3 aromatic carbocycles. The van der Waals surface area contributed by atoms with Crippen molar-refractivity contribution in [3.8, 4) is 0 Å². The first-order chi connectivity index (χ1) is 18.0. The van der Waals surface area contributed by atoms with Crippen LogP contribution in [-0.4, -0.2) is 48.9 Å². The van der Waals surface area contributed by atoms with Crippen LogP contribution in [0.1, 0.15) is 35.4 Å². The lowest BCUT2D eigenvalue weighted by Gasteiger charge is -2.30. The van der Waals surface area contributed by atoms with Crippen molar-refractivity contribution in [1.82, 2.24) is 10.6 Å². The second kappa shape index (κ2) is 13.0. The van der Waals surface area contributed by atoms with Gasteiger partial charge in [-0.25, -0.2) is 9.18 Å². The standard InChI is InChI=1S/C29H32FN3O4/c30-26-12-7-13-27(24(26)15-14-23-18-31-22(19-37-23)17-32-29(35)36)33-28(34)16-25(20-8-3-1-4-9-20)21-10-5-2-6-11-21/h1-13,22-23,25,31-32H,14-19H2,(H,33,34)(H,35,36)/t22-,23+/m0/s1. The molecule has 2 amide bonds. The first-order valence-electron chi connectivity index (χ1n) is 12.5. The van der Waals surface area contributed by atoms with Gasteiger partial charge in [0.05, 0.1) is 12.7 Å². The zero-order chi connectivity index (χ0) is 26.0. The molecule has 8 heteroatoms. The monoisotopic (exact) mass is 505 g/mol. The van der Waals surface area contributed by atoms with Crippen molar-refractivity contribution >= 4 is 17.7 Å². The SMILES string of the molecule is O=C(O)NC[C@H]1CO[C@H](CCc2c(F)cccc2NC(=O)CC(c2ccccc2)c2ccccc2)CN1. The van der Waals surface area contributed by atoms with E-state index in [1.165, 1.54) is 6.07 Å². The molecule has 194 valence electrons. The number of hydrogen-bond acceptors (Lipinski definition) is 4. The summed E-state index contributed by atoms with van der Waals surface area (Å²) in [5.41, 5.74) is 3.01. The van der Waals surface area contributed by atoms with E-state index in [0.717, 1.165) is 11.1 Å². The van der Waals surface area contributed by atoms with Gasteiger partial charge >= 0.3 is 6.09 Å². The maximum Gasteiger partial charge on any atom is 0.404 e. The fourth-order valence-corrected chi connectivity index (χ4v) is 4.62. The highest BCUT2D eigenvalue weighted by atomic mass is 19.1. The van der Waals surface area contributed by atoms with Gasteiger partial charge in [-0.15, -0.1) is 0 Å². The molecule has 0 aliphatic carbocycles. The molecular formula is C29H32FN3O4. The number of morpholine rings is 1. The van der Waals surface area contributed by atoms with Gasteiger partial charge in [0.1, 0.15) is 5.82 Å². The van der Waals surface area contributed by atoms with Crippen LogP contribution in [0, 0.1) is 5.82 Å². The number of anilines is 1. The van der Waals surface area contributed by atoms with Crippen LogP contribution >= 0.6 is 0 Å². The van der Waals surface area contributed by atoms with Gasteiger partial charge in [-0.05, 0) is 36.1 Å². The molecule has 1 heterocycles. The van der Waals surface area contributed by atoms with Crippen LogP contribution in [0.5, 0.6) is 0 Å². The molecule has 0 aromatic heterocycles. The molecule has 3 aromatic rings. The normalized spacial score (nSPS) is 17.4. The van der Waals surface area contributed by atoms with Crippen molar-refractivity contribution in [2.24, 2.45) is 0 Å². The fraction of sp³-hybridized carbons (Fsp3) is 0.310. The molecule has 4 N–H and O–H groups in total. The van der Waals surface area contributed by atoms with E-state index < -0.39 is 6.09 Å². The highest BCUT2D eigenvalue weighted by Gasteiger charge is 2.23. The number of halogens is 1. The lowest BCUT2D eigenvalue weighted by Crippen LogP contribution is -2.51. The van der Waals surface area contributed by atoms with Crippen LogP contribution < -0.4 is 16.0 Å². The van der Waals surface area contributed by atoms with Crippen molar-refractivity contribution in [2.45, 2.75) is 37.3 Å². The largest absolute Gasteiger partial charge is 0.465 e. The molecule has 0 saturated carbocycles. The summed E-state index contributed by atoms with van der Waals surface area (Å²) in [7, 11) is 0. The summed E-state index contributed by atoms with van der Waals surface area (Å²) in [6, 6.07) is 24.4. The lowest BCUT2D eigenvalue weighted by molar-refractivity contribution is -0.116. The maximum atomic E-state index is 14.8. The van der Waals surface area contributed by atoms with Crippen molar-refractivity contribution in [1.29, 1.82) is 0 Å². The van der Waals surface area contributed by atoms with Crippen molar-refractivity contribution in [3.05, 3.63) is 101 Å². The Bertz CT molecular complexity index is 1130. The predicted molar refractivity (Wildman–Crippen MR) is 140 cm³/mol. The summed E-state index contributed by atoms with van der Waals surface area (Å²) in [5, 5.41) is 17.3. The molecule has 7 nitrogen and oxygen atoms in total. The highest BCUT2D eigenvalue weighted by molar-refractivity contribution is 5.92. The Hall–Kier alpha value is -3.75. The number of nitrogens with one attached hydrogen (secondary N) is 3. The van der Waals surface area contributed by atoms with E-state index in [0.29, 0.717) is 37.2 Å². The van der Waals surface area contributed by atoms with Gasteiger partial charge in [0.25, 0.3) is 0 Å². The fourth-order valence-electron chi connectivity index (χ4n) is 4.62. The summed E-state index contributed by atoms with van der Waals surface area (Å²) < 4.78 is 20.7. The Morgan fingerprint density at radius 3 is 2.27 bits per heavy atom. The average Bonchev–Trinajstić information content (AvgIpc) is 2.92. The Labute approximate surface area is 216 Å². The van der Waals surface area contributed by atoms with Gasteiger partial charge in [-0.1, -0.05) is 66.7 Å². The zero-order valence-corrected chi connectivity index (χ0v) is 20.5. The summed E-state index contributed by atoms with van der Waals surface area (Å²) in [4.78, 5) is 23.8. The zero-order valence-electron chi connectivity index (χ0n) is 20.5. The molecule has 0 spiro atoms. The number of carbonyl (C=O) groups is 2. The summed E-state index contributed by atoms with van der Waals surface area (Å²) in [5.74, 6) is -0.675. The Morgan fingerprint density at radius 1 is 1.00 bits per heavy atom. The van der Waals surface area contributed by atoms with E-state index in [1.807, 2.05) is 60.7 Å². The summed E-state index contributed by atoms with van der Waals surface area (Å²) in [6.45, 7) is 1.17. The molecular weight excluding hydrogens is 473 g/mol. The highest BCUT2D eigenvalue weighted by Crippen LogP contribution is 2.29. The van der Waals surface area contributed by atoms with Gasteiger partial charge < -0.3 is 25.8 Å². The molecule has 37 heavy (non-hydrogen) atoms. The number of carboxylic acid groups (broad SMARTS) is 1. The number of benzene rings is 3. The number of rotatable bonds is 10. The van der Waals surface area contributed by atoms with E-state index in [-0.39, 0.29) is 42.8 Å². The van der Waals surface area contributed by atoms with Gasteiger partial charge in [0.2, 0.25) is 5.91 Å². The van der Waals surface area contributed by atoms with E-state index in [2.05, 4.69) is 16.0 Å². The number of hydrogen-bond donors (Lipinski definition) is 4. The van der Waals surface area contributed by atoms with Crippen LogP contribution in [0.2, 0.25) is 0 Å². The number of ether oxygens (including phenoxy) is 1. The summed E-state index contributed by atoms with van der Waals surface area (Å²) in [6.07, 6.45) is -0.0208. The van der Waals surface area contributed by atoms with E-state index in [1.54, 1.807) is 12.1 Å². The minimum absolute atomic E-state index is 0.0992. The van der Waals surface area contributed by atoms with Crippen LogP contribution in [0.25, 0.3) is 0 Å². The molecule has 0 radical (unpaired) electrons. The Balaban J connectivity index is 1.38. The predicted octanol–water partition coefficient (Wildman–Crippen LogP) is 4.54. The van der Waals surface area contributed by atoms with Gasteiger partial charge in [-0.2, -0.15) is 0 Å². The van der Waals surface area contributed by atoms with Crippen molar-refractivity contribution in [3.63, 3.8) is 0 Å². The maximum absolute atomic E-state index is 14.8. The second-order valence-corrected chi connectivity index (χ2v) is 9.18. The third-order valence-electron chi connectivity index (χ3n) is 6.57.